The number of rotatable bonds is 6. The molecule has 0 bridgehead atoms. The molecule has 1 unspecified atom stereocenters. The fourth-order valence-electron chi connectivity index (χ4n) is 3.95. The molecular formula is C26H26N2O4S. The third kappa shape index (κ3) is 4.98. The number of para-hydroxylation sites is 1. The summed E-state index contributed by atoms with van der Waals surface area (Å²) >= 11 is 1.39. The van der Waals surface area contributed by atoms with Crippen LogP contribution < -0.4 is 10.6 Å². The van der Waals surface area contributed by atoms with Crippen molar-refractivity contribution in [1.82, 2.24) is 5.32 Å². The highest BCUT2D eigenvalue weighted by Gasteiger charge is 2.25. The van der Waals surface area contributed by atoms with Crippen molar-refractivity contribution in [3.05, 3.63) is 75.7 Å². The third-order valence-corrected chi connectivity index (χ3v) is 6.95. The Bertz CT molecular complexity index is 1210. The molecule has 6 nitrogen and oxygen atoms in total. The zero-order chi connectivity index (χ0) is 23.5. The number of esters is 1. The summed E-state index contributed by atoms with van der Waals surface area (Å²) < 4.78 is 5.38. The average Bonchev–Trinajstić information content (AvgIpc) is 3.25. The number of aryl methyl sites for hydroxylation is 4. The molecule has 0 saturated heterocycles. The number of carbonyl (C=O) groups is 3. The number of amides is 2. The number of benzene rings is 2. The van der Waals surface area contributed by atoms with Crippen LogP contribution in [0.3, 0.4) is 0 Å². The second kappa shape index (κ2) is 9.58. The van der Waals surface area contributed by atoms with Gasteiger partial charge in [-0.1, -0.05) is 42.5 Å². The molecule has 7 heteroatoms. The van der Waals surface area contributed by atoms with Gasteiger partial charge in [0.15, 0.2) is 6.10 Å². The summed E-state index contributed by atoms with van der Waals surface area (Å²) in [6.07, 6.45) is 0.802. The predicted molar refractivity (Wildman–Crippen MR) is 130 cm³/mol. The van der Waals surface area contributed by atoms with Gasteiger partial charge in [0.1, 0.15) is 4.88 Å². The van der Waals surface area contributed by atoms with Gasteiger partial charge in [0.2, 0.25) is 5.91 Å². The number of anilines is 1. The molecule has 3 aromatic rings. The number of ether oxygens (including phenoxy) is 1. The summed E-state index contributed by atoms with van der Waals surface area (Å²) in [6.45, 7) is 5.10. The van der Waals surface area contributed by atoms with Crippen LogP contribution in [-0.2, 0) is 27.2 Å². The Morgan fingerprint density at radius 3 is 2.45 bits per heavy atom. The first-order chi connectivity index (χ1) is 15.8. The molecule has 1 atom stereocenters. The second-order valence-corrected chi connectivity index (χ2v) is 9.25. The van der Waals surface area contributed by atoms with Crippen molar-refractivity contribution in [3.8, 4) is 10.4 Å². The largest absolute Gasteiger partial charge is 0.448 e. The maximum Gasteiger partial charge on any atom is 0.349 e. The molecule has 170 valence electrons. The fraction of sp³-hybridized carbons (Fsp3) is 0.269. The van der Waals surface area contributed by atoms with Crippen molar-refractivity contribution in [3.63, 3.8) is 0 Å². The summed E-state index contributed by atoms with van der Waals surface area (Å²) in [6, 6.07) is 15.8. The van der Waals surface area contributed by atoms with Gasteiger partial charge in [0.05, 0.1) is 6.54 Å². The summed E-state index contributed by atoms with van der Waals surface area (Å²) in [5.41, 5.74) is 6.18. The van der Waals surface area contributed by atoms with E-state index in [1.54, 1.807) is 0 Å². The van der Waals surface area contributed by atoms with Crippen molar-refractivity contribution in [2.75, 3.05) is 11.9 Å². The Labute approximate surface area is 197 Å². The zero-order valence-electron chi connectivity index (χ0n) is 18.9. The summed E-state index contributed by atoms with van der Waals surface area (Å²) in [5.74, 6) is -1.40. The minimum absolute atomic E-state index is 0.210. The lowest BCUT2D eigenvalue weighted by Crippen LogP contribution is -2.40. The monoisotopic (exact) mass is 462 g/mol. The molecule has 1 heterocycles. The highest BCUT2D eigenvalue weighted by Crippen LogP contribution is 2.39. The molecule has 4 rings (SSSR count). The molecule has 33 heavy (non-hydrogen) atoms. The van der Waals surface area contributed by atoms with E-state index < -0.39 is 18.0 Å². The highest BCUT2D eigenvalue weighted by atomic mass is 32.1. The van der Waals surface area contributed by atoms with Gasteiger partial charge in [-0.15, -0.1) is 11.3 Å². The van der Waals surface area contributed by atoms with Gasteiger partial charge in [-0.25, -0.2) is 4.79 Å². The van der Waals surface area contributed by atoms with Gasteiger partial charge in [-0.05, 0) is 67.5 Å². The lowest BCUT2D eigenvalue weighted by Gasteiger charge is -2.15. The molecular weight excluding hydrogens is 436 g/mol. The topological polar surface area (TPSA) is 84.5 Å². The first kappa shape index (κ1) is 22.7. The van der Waals surface area contributed by atoms with E-state index in [1.807, 2.05) is 50.2 Å². The standard InChI is InChI=1S/C26H26N2O4S/c1-15-7-6-8-16(2)23(15)28-22(29)14-27-25(30)17(3)32-26(31)21-13-19-12-11-18-9-4-5-10-20(18)24(19)33-21/h4-10,13,17H,11-12,14H2,1-3H3,(H,27,30)(H,28,29). The smallest absolute Gasteiger partial charge is 0.349 e. The zero-order valence-corrected chi connectivity index (χ0v) is 19.7. The predicted octanol–water partition coefficient (Wildman–Crippen LogP) is 4.43. The maximum atomic E-state index is 12.7. The lowest BCUT2D eigenvalue weighted by molar-refractivity contribution is -0.130. The molecule has 2 amide bonds. The Kier molecular flexibility index (Phi) is 6.60. The van der Waals surface area contributed by atoms with Crippen molar-refractivity contribution in [1.29, 1.82) is 0 Å². The molecule has 1 aliphatic carbocycles. The molecule has 1 aliphatic rings. The van der Waals surface area contributed by atoms with Crippen molar-refractivity contribution in [2.45, 2.75) is 39.7 Å². The minimum atomic E-state index is -1.02. The number of thiophene rings is 1. The van der Waals surface area contributed by atoms with Gasteiger partial charge < -0.3 is 15.4 Å². The number of nitrogens with one attached hydrogen (secondary N) is 2. The van der Waals surface area contributed by atoms with Crippen LogP contribution in [0.1, 0.15) is 38.8 Å². The molecule has 0 aliphatic heterocycles. The number of fused-ring (bicyclic) bond motifs is 3. The summed E-state index contributed by atoms with van der Waals surface area (Å²) in [4.78, 5) is 38.9. The van der Waals surface area contributed by atoms with Gasteiger partial charge in [0.25, 0.3) is 5.91 Å². The van der Waals surface area contributed by atoms with E-state index in [9.17, 15) is 14.4 Å². The van der Waals surface area contributed by atoms with Gasteiger partial charge in [-0.2, -0.15) is 0 Å². The fourth-order valence-corrected chi connectivity index (χ4v) is 5.10. The summed E-state index contributed by atoms with van der Waals surface area (Å²) in [5, 5.41) is 5.35. The molecule has 0 saturated carbocycles. The van der Waals surface area contributed by atoms with Crippen molar-refractivity contribution < 1.29 is 19.1 Å². The maximum absolute atomic E-state index is 12.7. The van der Waals surface area contributed by atoms with Crippen molar-refractivity contribution >= 4 is 34.8 Å². The first-order valence-electron chi connectivity index (χ1n) is 10.9. The molecule has 0 radical (unpaired) electrons. The molecule has 0 fully saturated rings. The van der Waals surface area contributed by atoms with Crippen LogP contribution in [0.15, 0.2) is 48.5 Å². The number of carbonyl (C=O) groups excluding carboxylic acids is 3. The van der Waals surface area contributed by atoms with Crippen LogP contribution in [0.5, 0.6) is 0 Å². The van der Waals surface area contributed by atoms with Crippen molar-refractivity contribution in [2.24, 2.45) is 0 Å². The average molecular weight is 463 g/mol. The first-order valence-corrected chi connectivity index (χ1v) is 11.7. The quantitative estimate of drug-likeness (QED) is 0.531. The van der Waals surface area contributed by atoms with Gasteiger partial charge in [0, 0.05) is 10.6 Å². The van der Waals surface area contributed by atoms with E-state index >= 15 is 0 Å². The van der Waals surface area contributed by atoms with E-state index in [1.165, 1.54) is 23.8 Å². The SMILES string of the molecule is Cc1cccc(C)c1NC(=O)CNC(=O)C(C)OC(=O)c1cc2c(s1)-c1ccccc1CC2. The second-order valence-electron chi connectivity index (χ2n) is 8.20. The number of hydrogen-bond acceptors (Lipinski definition) is 5. The van der Waals surface area contributed by atoms with Crippen LogP contribution in [0.4, 0.5) is 5.69 Å². The van der Waals surface area contributed by atoms with Gasteiger partial charge >= 0.3 is 5.97 Å². The normalized spacial score (nSPS) is 12.8. The molecule has 2 N–H and O–H groups in total. The van der Waals surface area contributed by atoms with E-state index in [4.69, 9.17) is 4.74 Å². The van der Waals surface area contributed by atoms with E-state index in [0.717, 1.165) is 45.7 Å². The van der Waals surface area contributed by atoms with Crippen LogP contribution in [0.2, 0.25) is 0 Å². The third-order valence-electron chi connectivity index (χ3n) is 5.76. The highest BCUT2D eigenvalue weighted by molar-refractivity contribution is 7.17. The van der Waals surface area contributed by atoms with Crippen LogP contribution in [0, 0.1) is 13.8 Å². The van der Waals surface area contributed by atoms with E-state index in [0.29, 0.717) is 4.88 Å². The van der Waals surface area contributed by atoms with E-state index in [2.05, 4.69) is 22.8 Å². The Morgan fingerprint density at radius 1 is 1.00 bits per heavy atom. The molecule has 2 aromatic carbocycles. The van der Waals surface area contributed by atoms with Crippen LogP contribution >= 0.6 is 11.3 Å². The lowest BCUT2D eigenvalue weighted by atomic mass is 9.91. The Morgan fingerprint density at radius 2 is 1.70 bits per heavy atom. The molecule has 0 spiro atoms. The van der Waals surface area contributed by atoms with Crippen LogP contribution in [0.25, 0.3) is 10.4 Å². The Hall–Kier alpha value is -3.45. The molecule has 1 aromatic heterocycles. The summed E-state index contributed by atoms with van der Waals surface area (Å²) in [7, 11) is 0. The Balaban J connectivity index is 1.33. The van der Waals surface area contributed by atoms with Gasteiger partial charge in [-0.3, -0.25) is 9.59 Å². The van der Waals surface area contributed by atoms with Crippen LogP contribution in [-0.4, -0.2) is 30.4 Å². The van der Waals surface area contributed by atoms with E-state index in [-0.39, 0.29) is 12.5 Å². The minimum Gasteiger partial charge on any atom is -0.448 e. The number of hydrogen-bond donors (Lipinski definition) is 2.